The highest BCUT2D eigenvalue weighted by Crippen LogP contribution is 2.37. The van der Waals surface area contributed by atoms with E-state index in [9.17, 15) is 4.39 Å². The second kappa shape index (κ2) is 8.84. The summed E-state index contributed by atoms with van der Waals surface area (Å²) in [7, 11) is 1.53. The van der Waals surface area contributed by atoms with Crippen LogP contribution in [-0.4, -0.2) is 12.1 Å². The molecule has 0 amide bonds. The zero-order chi connectivity index (χ0) is 19.2. The third-order valence-electron chi connectivity index (χ3n) is 4.14. The van der Waals surface area contributed by atoms with Gasteiger partial charge in [0, 0.05) is 11.8 Å². The van der Waals surface area contributed by atoms with Crippen molar-refractivity contribution in [1.29, 1.82) is 0 Å². The third-order valence-corrected chi connectivity index (χ3v) is 4.42. The van der Waals surface area contributed by atoms with E-state index in [2.05, 4.69) is 4.98 Å². The summed E-state index contributed by atoms with van der Waals surface area (Å²) in [6.45, 7) is 0.0511. The highest BCUT2D eigenvalue weighted by atomic mass is 35.5. The first kappa shape index (κ1) is 19.1. The largest absolute Gasteiger partial charge is 0.493 e. The van der Waals surface area contributed by atoms with E-state index in [4.69, 9.17) is 26.8 Å². The number of pyridine rings is 1. The first-order valence-corrected chi connectivity index (χ1v) is 8.85. The lowest BCUT2D eigenvalue weighted by atomic mass is 10.0. The minimum absolute atomic E-state index is 0.0511. The maximum absolute atomic E-state index is 13.8. The van der Waals surface area contributed by atoms with E-state index < -0.39 is 0 Å². The van der Waals surface area contributed by atoms with Gasteiger partial charge in [0.05, 0.1) is 23.9 Å². The molecule has 2 aromatic carbocycles. The summed E-state index contributed by atoms with van der Waals surface area (Å²) in [5.74, 6) is 0.519. The molecule has 1 aromatic heterocycles. The molecule has 6 heteroatoms. The van der Waals surface area contributed by atoms with Crippen molar-refractivity contribution < 1.29 is 13.9 Å². The van der Waals surface area contributed by atoms with E-state index in [1.165, 1.54) is 13.2 Å². The lowest BCUT2D eigenvalue weighted by Crippen LogP contribution is -2.14. The molecule has 0 bridgehead atoms. The quantitative estimate of drug-likeness (QED) is 0.639. The molecule has 0 fully saturated rings. The molecule has 3 rings (SSSR count). The fourth-order valence-corrected chi connectivity index (χ4v) is 3.04. The Morgan fingerprint density at radius 1 is 1.15 bits per heavy atom. The molecule has 27 heavy (non-hydrogen) atoms. The number of rotatable bonds is 7. The SMILES string of the molecule is COc1cc(CC(N)c2ccccn2)cc(Cl)c1OCc1ccccc1F. The minimum Gasteiger partial charge on any atom is -0.493 e. The van der Waals surface area contributed by atoms with Crippen LogP contribution in [0.5, 0.6) is 11.5 Å². The van der Waals surface area contributed by atoms with Crippen LogP contribution in [0.15, 0.2) is 60.8 Å². The molecule has 0 spiro atoms. The van der Waals surface area contributed by atoms with E-state index in [-0.39, 0.29) is 18.5 Å². The van der Waals surface area contributed by atoms with Crippen molar-refractivity contribution in [2.24, 2.45) is 5.73 Å². The van der Waals surface area contributed by atoms with E-state index in [1.54, 1.807) is 30.5 Å². The van der Waals surface area contributed by atoms with Crippen molar-refractivity contribution in [2.75, 3.05) is 7.11 Å². The van der Waals surface area contributed by atoms with Crippen LogP contribution in [0.25, 0.3) is 0 Å². The van der Waals surface area contributed by atoms with Gasteiger partial charge in [0.1, 0.15) is 12.4 Å². The van der Waals surface area contributed by atoms with Gasteiger partial charge >= 0.3 is 0 Å². The standard InChI is InChI=1S/C21H20ClFN2O2/c1-26-20-12-14(11-18(24)19-8-4-5-9-25-19)10-16(22)21(20)27-13-15-6-2-3-7-17(15)23/h2-10,12,18H,11,13,24H2,1H3. The number of hydrogen-bond donors (Lipinski definition) is 1. The summed E-state index contributed by atoms with van der Waals surface area (Å²) in [6.07, 6.45) is 2.25. The smallest absolute Gasteiger partial charge is 0.180 e. The van der Waals surface area contributed by atoms with Gasteiger partial charge in [0.25, 0.3) is 0 Å². The van der Waals surface area contributed by atoms with Crippen molar-refractivity contribution in [3.63, 3.8) is 0 Å². The van der Waals surface area contributed by atoms with E-state index >= 15 is 0 Å². The van der Waals surface area contributed by atoms with Gasteiger partial charge in [-0.15, -0.1) is 0 Å². The number of halogens is 2. The number of methoxy groups -OCH3 is 1. The normalized spacial score (nSPS) is 11.9. The Balaban J connectivity index is 1.78. The summed E-state index contributed by atoms with van der Waals surface area (Å²) < 4.78 is 24.9. The van der Waals surface area contributed by atoms with E-state index in [0.29, 0.717) is 28.5 Å². The molecule has 0 saturated heterocycles. The van der Waals surface area contributed by atoms with Gasteiger partial charge in [0.2, 0.25) is 0 Å². The van der Waals surface area contributed by atoms with Crippen molar-refractivity contribution >= 4 is 11.6 Å². The van der Waals surface area contributed by atoms with Gasteiger partial charge in [0.15, 0.2) is 11.5 Å². The maximum Gasteiger partial charge on any atom is 0.180 e. The monoisotopic (exact) mass is 386 g/mol. The number of nitrogens with two attached hydrogens (primary N) is 1. The van der Waals surface area contributed by atoms with Crippen LogP contribution in [0, 0.1) is 5.82 Å². The molecule has 0 aliphatic heterocycles. The highest BCUT2D eigenvalue weighted by molar-refractivity contribution is 6.32. The van der Waals surface area contributed by atoms with Crippen LogP contribution in [0.2, 0.25) is 5.02 Å². The Morgan fingerprint density at radius 2 is 1.93 bits per heavy atom. The highest BCUT2D eigenvalue weighted by Gasteiger charge is 2.16. The number of aromatic nitrogens is 1. The average molecular weight is 387 g/mol. The number of nitrogens with zero attached hydrogens (tertiary/aromatic N) is 1. The molecular weight excluding hydrogens is 367 g/mol. The first-order valence-electron chi connectivity index (χ1n) is 8.47. The predicted octanol–water partition coefficient (Wildman–Crippen LogP) is 4.70. The van der Waals surface area contributed by atoms with Crippen LogP contribution in [0.3, 0.4) is 0 Å². The summed E-state index contributed by atoms with van der Waals surface area (Å²) >= 11 is 6.39. The van der Waals surface area contributed by atoms with Crippen LogP contribution >= 0.6 is 11.6 Å². The van der Waals surface area contributed by atoms with Gasteiger partial charge in [-0.3, -0.25) is 4.98 Å². The van der Waals surface area contributed by atoms with E-state index in [1.807, 2.05) is 24.3 Å². The molecule has 4 nitrogen and oxygen atoms in total. The molecule has 1 heterocycles. The van der Waals surface area contributed by atoms with Crippen LogP contribution < -0.4 is 15.2 Å². The van der Waals surface area contributed by atoms with Gasteiger partial charge in [-0.25, -0.2) is 4.39 Å². The molecule has 2 N–H and O–H groups in total. The molecule has 0 aliphatic rings. The second-order valence-corrected chi connectivity index (χ2v) is 6.46. The zero-order valence-corrected chi connectivity index (χ0v) is 15.6. The molecule has 3 aromatic rings. The zero-order valence-electron chi connectivity index (χ0n) is 14.9. The number of hydrogen-bond acceptors (Lipinski definition) is 4. The fourth-order valence-electron chi connectivity index (χ4n) is 2.75. The lowest BCUT2D eigenvalue weighted by molar-refractivity contribution is 0.279. The Labute approximate surface area is 162 Å². The Hall–Kier alpha value is -2.63. The van der Waals surface area contributed by atoms with Crippen molar-refractivity contribution in [1.82, 2.24) is 4.98 Å². The van der Waals surface area contributed by atoms with Crippen LogP contribution in [0.1, 0.15) is 22.9 Å². The second-order valence-electron chi connectivity index (χ2n) is 6.05. The number of ether oxygens (including phenoxy) is 2. The summed E-state index contributed by atoms with van der Waals surface area (Å²) in [5.41, 5.74) is 8.38. The number of benzene rings is 2. The summed E-state index contributed by atoms with van der Waals surface area (Å²) in [6, 6.07) is 15.4. The molecule has 140 valence electrons. The van der Waals surface area contributed by atoms with Gasteiger partial charge in [-0.05, 0) is 42.3 Å². The Kier molecular flexibility index (Phi) is 6.27. The van der Waals surface area contributed by atoms with Crippen molar-refractivity contribution in [3.8, 4) is 11.5 Å². The maximum atomic E-state index is 13.8. The molecular formula is C21H20ClFN2O2. The first-order chi connectivity index (χ1) is 13.1. The topological polar surface area (TPSA) is 57.4 Å². The van der Waals surface area contributed by atoms with Crippen LogP contribution in [-0.2, 0) is 13.0 Å². The van der Waals surface area contributed by atoms with Gasteiger partial charge in [-0.1, -0.05) is 35.9 Å². The predicted molar refractivity (Wildman–Crippen MR) is 104 cm³/mol. The molecule has 0 radical (unpaired) electrons. The average Bonchev–Trinajstić information content (AvgIpc) is 2.68. The van der Waals surface area contributed by atoms with Crippen molar-refractivity contribution in [3.05, 3.63) is 88.5 Å². The lowest BCUT2D eigenvalue weighted by Gasteiger charge is -2.16. The van der Waals surface area contributed by atoms with Crippen molar-refractivity contribution in [2.45, 2.75) is 19.1 Å². The molecule has 1 unspecified atom stereocenters. The molecule has 1 atom stereocenters. The molecule has 0 aliphatic carbocycles. The minimum atomic E-state index is -0.328. The Bertz CT molecular complexity index is 906. The third kappa shape index (κ3) is 4.76. The van der Waals surface area contributed by atoms with Gasteiger partial charge < -0.3 is 15.2 Å². The van der Waals surface area contributed by atoms with E-state index in [0.717, 1.165) is 11.3 Å². The Morgan fingerprint density at radius 3 is 2.63 bits per heavy atom. The fraction of sp³-hybridized carbons (Fsp3) is 0.190. The summed E-state index contributed by atoms with van der Waals surface area (Å²) in [5, 5.41) is 0.383. The van der Waals surface area contributed by atoms with Gasteiger partial charge in [-0.2, -0.15) is 0 Å². The molecule has 0 saturated carbocycles. The van der Waals surface area contributed by atoms with Crippen LogP contribution in [0.4, 0.5) is 4.39 Å². The summed E-state index contributed by atoms with van der Waals surface area (Å²) in [4.78, 5) is 4.28.